The number of nitrogens with one attached hydrogen (secondary N) is 2. The van der Waals surface area contributed by atoms with Crippen LogP contribution in [0.1, 0.15) is 20.3 Å². The number of rotatable bonds is 7. The third kappa shape index (κ3) is 4.16. The second-order valence-corrected chi connectivity index (χ2v) is 6.31. The van der Waals surface area contributed by atoms with Crippen LogP contribution in [0.15, 0.2) is 23.7 Å². The number of carbonyl (C=O) groups is 2. The third-order valence-electron chi connectivity index (χ3n) is 4.30. The summed E-state index contributed by atoms with van der Waals surface area (Å²) in [5.74, 6) is -0.715. The van der Waals surface area contributed by atoms with Crippen molar-refractivity contribution < 1.29 is 18.7 Å². The zero-order valence-corrected chi connectivity index (χ0v) is 14.4. The van der Waals surface area contributed by atoms with Gasteiger partial charge in [-0.2, -0.15) is 0 Å². The highest BCUT2D eigenvalue weighted by molar-refractivity contribution is 5.74. The molecule has 2 aliphatic rings. The molecular formula is C16H24FN5O3. The second kappa shape index (κ2) is 7.64. The van der Waals surface area contributed by atoms with E-state index in [1.54, 1.807) is 13.0 Å². The van der Waals surface area contributed by atoms with Gasteiger partial charge < -0.3 is 20.7 Å². The zero-order chi connectivity index (χ0) is 18.6. The van der Waals surface area contributed by atoms with Gasteiger partial charge in [-0.15, -0.1) is 0 Å². The van der Waals surface area contributed by atoms with Crippen LogP contribution in [0.25, 0.3) is 0 Å². The van der Waals surface area contributed by atoms with Crippen LogP contribution >= 0.6 is 0 Å². The minimum absolute atomic E-state index is 0.205. The fourth-order valence-electron chi connectivity index (χ4n) is 2.95. The molecule has 0 spiro atoms. The number of cyclic esters (lactones) is 1. The molecule has 2 atom stereocenters. The monoisotopic (exact) mass is 353 g/mol. The summed E-state index contributed by atoms with van der Waals surface area (Å²) in [4.78, 5) is 26.0. The molecule has 4 N–H and O–H groups in total. The van der Waals surface area contributed by atoms with Gasteiger partial charge in [0.1, 0.15) is 11.9 Å². The maximum absolute atomic E-state index is 14.6. The first kappa shape index (κ1) is 18.9. The average molecular weight is 353 g/mol. The summed E-state index contributed by atoms with van der Waals surface area (Å²) in [6, 6.07) is 0. The minimum atomic E-state index is -0.869. The number of nitrogens with zero attached hydrogens (tertiary/aromatic N) is 2. The van der Waals surface area contributed by atoms with Crippen LogP contribution in [-0.2, 0) is 9.53 Å². The van der Waals surface area contributed by atoms with E-state index < -0.39 is 23.6 Å². The van der Waals surface area contributed by atoms with Crippen molar-refractivity contribution in [1.29, 1.82) is 5.41 Å². The molecule has 1 aliphatic heterocycles. The van der Waals surface area contributed by atoms with Gasteiger partial charge in [0.2, 0.25) is 5.91 Å². The summed E-state index contributed by atoms with van der Waals surface area (Å²) in [5, 5.41) is 9.99. The number of carbonyl (C=O) groups excluding carboxylic acids is 2. The highest BCUT2D eigenvalue weighted by Gasteiger charge is 2.43. The average Bonchev–Trinajstić information content (AvgIpc) is 2.93. The molecule has 1 saturated heterocycles. The highest BCUT2D eigenvalue weighted by Crippen LogP contribution is 2.35. The van der Waals surface area contributed by atoms with Crippen molar-refractivity contribution in [3.05, 3.63) is 23.7 Å². The summed E-state index contributed by atoms with van der Waals surface area (Å²) in [7, 11) is 0. The number of amides is 2. The summed E-state index contributed by atoms with van der Waals surface area (Å²) in [5.41, 5.74) is 4.89. The molecule has 9 heteroatoms. The van der Waals surface area contributed by atoms with Crippen LogP contribution in [0.2, 0.25) is 0 Å². The number of nitrogens with two attached hydrogens (primary N) is 1. The number of hydrogen-bond acceptors (Lipinski definition) is 5. The third-order valence-corrected chi connectivity index (χ3v) is 4.30. The van der Waals surface area contributed by atoms with E-state index in [0.29, 0.717) is 19.5 Å². The lowest BCUT2D eigenvalue weighted by Crippen LogP contribution is -2.47. The maximum Gasteiger partial charge on any atom is 0.411 e. The van der Waals surface area contributed by atoms with Crippen LogP contribution in [0.5, 0.6) is 0 Å². The predicted octanol–water partition coefficient (Wildman–Crippen LogP) is 0.711. The van der Waals surface area contributed by atoms with Crippen molar-refractivity contribution in [2.24, 2.45) is 5.73 Å². The molecule has 2 amide bonds. The van der Waals surface area contributed by atoms with Gasteiger partial charge >= 0.3 is 6.09 Å². The molecule has 0 aromatic carbocycles. The predicted molar refractivity (Wildman–Crippen MR) is 90.5 cm³/mol. The van der Waals surface area contributed by atoms with Gasteiger partial charge in [0, 0.05) is 20.0 Å². The molecule has 0 radical (unpaired) electrons. The smallest absolute Gasteiger partial charge is 0.411 e. The molecule has 1 heterocycles. The minimum Gasteiger partial charge on any atom is -0.442 e. The Labute approximate surface area is 146 Å². The molecule has 0 aromatic heterocycles. The van der Waals surface area contributed by atoms with Crippen molar-refractivity contribution in [2.45, 2.75) is 31.9 Å². The topological polar surface area (TPSA) is 112 Å². The van der Waals surface area contributed by atoms with Crippen LogP contribution in [-0.4, -0.2) is 66.0 Å². The Morgan fingerprint density at radius 3 is 2.96 bits per heavy atom. The van der Waals surface area contributed by atoms with Crippen LogP contribution in [0.3, 0.4) is 0 Å². The summed E-state index contributed by atoms with van der Waals surface area (Å²) < 4.78 is 19.9. The lowest BCUT2D eigenvalue weighted by molar-refractivity contribution is -0.119. The highest BCUT2D eigenvalue weighted by atomic mass is 19.1. The molecule has 2 rings (SSSR count). The van der Waals surface area contributed by atoms with Crippen molar-refractivity contribution in [3.8, 4) is 0 Å². The molecule has 0 bridgehead atoms. The van der Waals surface area contributed by atoms with E-state index in [1.165, 1.54) is 22.8 Å². The maximum atomic E-state index is 14.6. The Kier molecular flexibility index (Phi) is 5.78. The van der Waals surface area contributed by atoms with Gasteiger partial charge in [0.25, 0.3) is 0 Å². The molecule has 1 aliphatic carbocycles. The van der Waals surface area contributed by atoms with Gasteiger partial charge in [0.15, 0.2) is 0 Å². The standard InChI is InChI=1S/C16H24FN5O3/c1-11(23)20-8-12-9-22(15(24)25-12)16(2)4-3-14(13(17)7-16)21(10-19)6-5-18/h3,7,10,12,19H,4-6,8-9,18H2,1-2H3,(H,20,23). The van der Waals surface area contributed by atoms with Crippen LogP contribution in [0, 0.1) is 5.41 Å². The molecule has 25 heavy (non-hydrogen) atoms. The first-order chi connectivity index (χ1) is 11.8. The fraction of sp³-hybridized carbons (Fsp3) is 0.562. The Bertz CT molecular complexity index is 621. The molecule has 1 fully saturated rings. The van der Waals surface area contributed by atoms with Gasteiger partial charge in [0.05, 0.1) is 30.7 Å². The lowest BCUT2D eigenvalue weighted by atomic mass is 9.89. The first-order valence-corrected chi connectivity index (χ1v) is 8.09. The molecule has 0 aromatic rings. The van der Waals surface area contributed by atoms with E-state index in [-0.39, 0.29) is 24.7 Å². The summed E-state index contributed by atoms with van der Waals surface area (Å²) in [6.45, 7) is 4.24. The second-order valence-electron chi connectivity index (χ2n) is 6.31. The summed E-state index contributed by atoms with van der Waals surface area (Å²) >= 11 is 0. The molecule has 138 valence electrons. The number of ether oxygens (including phenoxy) is 1. The van der Waals surface area contributed by atoms with E-state index in [2.05, 4.69) is 5.32 Å². The largest absolute Gasteiger partial charge is 0.442 e. The summed E-state index contributed by atoms with van der Waals surface area (Å²) in [6.07, 6.45) is 3.44. The van der Waals surface area contributed by atoms with E-state index in [9.17, 15) is 14.0 Å². The quantitative estimate of drug-likeness (QED) is 0.461. The Balaban J connectivity index is 2.10. The van der Waals surface area contributed by atoms with Crippen molar-refractivity contribution in [2.75, 3.05) is 26.2 Å². The molecule has 2 unspecified atom stereocenters. The normalized spacial score (nSPS) is 25.8. The fourth-order valence-corrected chi connectivity index (χ4v) is 2.95. The van der Waals surface area contributed by atoms with Gasteiger partial charge in [-0.25, -0.2) is 9.18 Å². The number of halogens is 1. The van der Waals surface area contributed by atoms with Crippen molar-refractivity contribution >= 4 is 18.3 Å². The lowest BCUT2D eigenvalue weighted by Gasteiger charge is -2.37. The van der Waals surface area contributed by atoms with Gasteiger partial charge in [-0.1, -0.05) is 6.08 Å². The van der Waals surface area contributed by atoms with E-state index in [1.807, 2.05) is 0 Å². The molecule has 8 nitrogen and oxygen atoms in total. The Morgan fingerprint density at radius 2 is 2.40 bits per heavy atom. The zero-order valence-electron chi connectivity index (χ0n) is 14.4. The van der Waals surface area contributed by atoms with Crippen LogP contribution < -0.4 is 11.1 Å². The van der Waals surface area contributed by atoms with Gasteiger partial charge in [-0.3, -0.25) is 15.1 Å². The van der Waals surface area contributed by atoms with E-state index in [4.69, 9.17) is 15.9 Å². The number of allylic oxidation sites excluding steroid dienone is 1. The van der Waals surface area contributed by atoms with Crippen LogP contribution in [0.4, 0.5) is 9.18 Å². The Morgan fingerprint density at radius 1 is 1.68 bits per heavy atom. The van der Waals surface area contributed by atoms with E-state index >= 15 is 0 Å². The SMILES string of the molecule is CC(=O)NCC1CN(C2(C)C=C(F)C(N(C=N)CCN)=CC2)C(=O)O1. The van der Waals surface area contributed by atoms with Gasteiger partial charge in [-0.05, 0) is 19.4 Å². The van der Waals surface area contributed by atoms with Crippen molar-refractivity contribution in [1.82, 2.24) is 15.1 Å². The van der Waals surface area contributed by atoms with E-state index in [0.717, 1.165) is 6.34 Å². The first-order valence-electron chi connectivity index (χ1n) is 8.09. The van der Waals surface area contributed by atoms with Crippen molar-refractivity contribution in [3.63, 3.8) is 0 Å². The number of hydrogen-bond donors (Lipinski definition) is 3. The molecule has 0 saturated carbocycles. The molecular weight excluding hydrogens is 329 g/mol. The Hall–Kier alpha value is -2.42.